The van der Waals surface area contributed by atoms with Crippen LogP contribution in [0.15, 0.2) is 48.5 Å². The molecule has 0 saturated heterocycles. The van der Waals surface area contributed by atoms with Gasteiger partial charge in [-0.15, -0.1) is 0 Å². The average Bonchev–Trinajstić information content (AvgIpc) is 2.76. The van der Waals surface area contributed by atoms with Crippen LogP contribution in [0.4, 0.5) is 0 Å². The molecule has 21 heavy (non-hydrogen) atoms. The van der Waals surface area contributed by atoms with Gasteiger partial charge in [-0.05, 0) is 17.7 Å². The molecule has 0 fully saturated rings. The molecule has 0 bridgehead atoms. The van der Waals surface area contributed by atoms with Gasteiger partial charge in [-0.2, -0.15) is 0 Å². The van der Waals surface area contributed by atoms with E-state index in [0.29, 0.717) is 5.56 Å². The molecule has 1 aliphatic heterocycles. The van der Waals surface area contributed by atoms with Crippen molar-refractivity contribution in [2.24, 2.45) is 0 Å². The molecule has 1 aliphatic rings. The average molecular weight is 283 g/mol. The number of rotatable bonds is 2. The largest absolute Gasteiger partial charge is 0.484 e. The maximum Gasteiger partial charge on any atom is 0.337 e. The molecular weight excluding hydrogens is 266 g/mol. The van der Waals surface area contributed by atoms with Gasteiger partial charge < -0.3 is 14.8 Å². The van der Waals surface area contributed by atoms with E-state index < -0.39 is 0 Å². The number of carbonyl (C=O) groups is 1. The first-order valence-corrected chi connectivity index (χ1v) is 6.91. The van der Waals surface area contributed by atoms with Crippen molar-refractivity contribution in [3.63, 3.8) is 0 Å². The Hall–Kier alpha value is -2.33. The first kappa shape index (κ1) is 13.6. The zero-order chi connectivity index (χ0) is 14.7. The fourth-order valence-corrected chi connectivity index (χ4v) is 2.44. The third-order valence-corrected chi connectivity index (χ3v) is 3.57. The van der Waals surface area contributed by atoms with Gasteiger partial charge in [0.1, 0.15) is 11.9 Å². The summed E-state index contributed by atoms with van der Waals surface area (Å²) in [6, 6.07) is 15.5. The van der Waals surface area contributed by atoms with Crippen molar-refractivity contribution in [3.05, 3.63) is 65.2 Å². The van der Waals surface area contributed by atoms with Gasteiger partial charge in [0, 0.05) is 18.7 Å². The molecular formula is C17H17NO3. The highest BCUT2D eigenvalue weighted by molar-refractivity contribution is 5.89. The normalized spacial score (nSPS) is 17.3. The predicted octanol–water partition coefficient (Wildman–Crippen LogP) is 2.70. The van der Waals surface area contributed by atoms with Crippen molar-refractivity contribution in [2.75, 3.05) is 13.7 Å². The summed E-state index contributed by atoms with van der Waals surface area (Å²) in [4.78, 5) is 11.6. The molecule has 0 aromatic heterocycles. The summed E-state index contributed by atoms with van der Waals surface area (Å²) in [6.07, 6.45) is -0.0691. The summed E-state index contributed by atoms with van der Waals surface area (Å²) in [6.45, 7) is 1.45. The predicted molar refractivity (Wildman–Crippen MR) is 79.3 cm³/mol. The third kappa shape index (κ3) is 2.90. The monoisotopic (exact) mass is 283 g/mol. The van der Waals surface area contributed by atoms with Gasteiger partial charge in [0.15, 0.2) is 0 Å². The Morgan fingerprint density at radius 3 is 2.81 bits per heavy atom. The van der Waals surface area contributed by atoms with Gasteiger partial charge in [0.05, 0.1) is 12.7 Å². The summed E-state index contributed by atoms with van der Waals surface area (Å²) < 4.78 is 10.9. The lowest BCUT2D eigenvalue weighted by atomic mass is 10.1. The number of methoxy groups -OCH3 is 1. The molecule has 0 saturated carbocycles. The van der Waals surface area contributed by atoms with Crippen LogP contribution in [0.2, 0.25) is 0 Å². The van der Waals surface area contributed by atoms with E-state index in [-0.39, 0.29) is 12.1 Å². The summed E-state index contributed by atoms with van der Waals surface area (Å²) in [5.41, 5.74) is 2.66. The maximum absolute atomic E-state index is 11.6. The topological polar surface area (TPSA) is 47.6 Å². The van der Waals surface area contributed by atoms with E-state index >= 15 is 0 Å². The number of hydrogen-bond acceptors (Lipinski definition) is 4. The van der Waals surface area contributed by atoms with Gasteiger partial charge in [-0.3, -0.25) is 0 Å². The van der Waals surface area contributed by atoms with E-state index in [2.05, 4.69) is 5.32 Å². The van der Waals surface area contributed by atoms with Crippen LogP contribution in [-0.2, 0) is 11.3 Å². The highest BCUT2D eigenvalue weighted by atomic mass is 16.5. The first-order valence-electron chi connectivity index (χ1n) is 6.91. The second kappa shape index (κ2) is 5.97. The van der Waals surface area contributed by atoms with Crippen molar-refractivity contribution in [2.45, 2.75) is 12.6 Å². The summed E-state index contributed by atoms with van der Waals surface area (Å²) >= 11 is 0. The maximum atomic E-state index is 11.6. The van der Waals surface area contributed by atoms with Gasteiger partial charge in [-0.1, -0.05) is 36.4 Å². The molecule has 0 aliphatic carbocycles. The Kier molecular flexibility index (Phi) is 3.88. The number of benzene rings is 2. The molecule has 3 rings (SSSR count). The molecule has 0 spiro atoms. The van der Waals surface area contributed by atoms with Crippen LogP contribution in [0.25, 0.3) is 0 Å². The minimum absolute atomic E-state index is 0.0691. The van der Waals surface area contributed by atoms with Crippen LogP contribution < -0.4 is 10.1 Å². The van der Waals surface area contributed by atoms with E-state index in [1.807, 2.05) is 36.4 Å². The molecule has 1 N–H and O–H groups in total. The van der Waals surface area contributed by atoms with E-state index in [4.69, 9.17) is 9.47 Å². The van der Waals surface area contributed by atoms with E-state index in [1.54, 1.807) is 12.1 Å². The minimum atomic E-state index is -0.352. The van der Waals surface area contributed by atoms with Crippen molar-refractivity contribution < 1.29 is 14.3 Å². The Labute approximate surface area is 123 Å². The number of hydrogen-bond donors (Lipinski definition) is 1. The molecule has 4 heteroatoms. The lowest BCUT2D eigenvalue weighted by Gasteiger charge is -2.18. The van der Waals surface area contributed by atoms with Crippen LogP contribution in [0, 0.1) is 0 Å². The summed E-state index contributed by atoms with van der Waals surface area (Å²) in [5.74, 6) is 0.381. The van der Waals surface area contributed by atoms with E-state index in [0.717, 1.165) is 30.0 Å². The molecule has 2 aromatic carbocycles. The molecule has 1 atom stereocenters. The highest BCUT2D eigenvalue weighted by Gasteiger charge is 2.20. The smallest absolute Gasteiger partial charge is 0.337 e. The van der Waals surface area contributed by atoms with Crippen LogP contribution in [0.3, 0.4) is 0 Å². The quantitative estimate of drug-likeness (QED) is 0.861. The Morgan fingerprint density at radius 1 is 1.24 bits per heavy atom. The Bertz CT molecular complexity index is 640. The summed E-state index contributed by atoms with van der Waals surface area (Å²) in [7, 11) is 1.38. The fourth-order valence-electron chi connectivity index (χ4n) is 2.44. The van der Waals surface area contributed by atoms with Crippen LogP contribution >= 0.6 is 0 Å². The standard InChI is InChI=1S/C17H17NO3/c1-20-17(19)13-7-8-14-10-18-11-16(21-15(14)9-13)12-5-3-2-4-6-12/h2-9,16,18H,10-11H2,1H3. The second-order valence-corrected chi connectivity index (χ2v) is 4.96. The molecule has 0 amide bonds. The highest BCUT2D eigenvalue weighted by Crippen LogP contribution is 2.29. The second-order valence-electron chi connectivity index (χ2n) is 4.96. The molecule has 0 radical (unpaired) electrons. The zero-order valence-corrected chi connectivity index (χ0v) is 11.8. The molecule has 1 unspecified atom stereocenters. The Balaban J connectivity index is 1.91. The van der Waals surface area contributed by atoms with Gasteiger partial charge >= 0.3 is 5.97 Å². The number of carbonyl (C=O) groups excluding carboxylic acids is 1. The van der Waals surface area contributed by atoms with E-state index in [1.165, 1.54) is 7.11 Å². The number of nitrogens with one attached hydrogen (secondary N) is 1. The molecule has 4 nitrogen and oxygen atoms in total. The van der Waals surface area contributed by atoms with Crippen molar-refractivity contribution >= 4 is 5.97 Å². The van der Waals surface area contributed by atoms with E-state index in [9.17, 15) is 4.79 Å². The number of esters is 1. The third-order valence-electron chi connectivity index (χ3n) is 3.57. The first-order chi connectivity index (χ1) is 10.3. The van der Waals surface area contributed by atoms with Gasteiger partial charge in [0.2, 0.25) is 0 Å². The van der Waals surface area contributed by atoms with Gasteiger partial charge in [-0.25, -0.2) is 4.79 Å². The Morgan fingerprint density at radius 2 is 2.05 bits per heavy atom. The van der Waals surface area contributed by atoms with Crippen molar-refractivity contribution in [3.8, 4) is 5.75 Å². The van der Waals surface area contributed by atoms with Crippen LogP contribution in [-0.4, -0.2) is 19.6 Å². The fraction of sp³-hybridized carbons (Fsp3) is 0.235. The van der Waals surface area contributed by atoms with Crippen molar-refractivity contribution in [1.29, 1.82) is 0 Å². The number of ether oxygens (including phenoxy) is 2. The summed E-state index contributed by atoms with van der Waals surface area (Å²) in [5, 5.41) is 3.37. The molecule has 1 heterocycles. The zero-order valence-electron chi connectivity index (χ0n) is 11.8. The number of fused-ring (bicyclic) bond motifs is 1. The molecule has 108 valence electrons. The lowest BCUT2D eigenvalue weighted by Crippen LogP contribution is -2.21. The minimum Gasteiger partial charge on any atom is -0.484 e. The van der Waals surface area contributed by atoms with Crippen LogP contribution in [0.5, 0.6) is 5.75 Å². The SMILES string of the molecule is COC(=O)c1ccc2c(c1)OC(c1ccccc1)CNC2. The van der Waals surface area contributed by atoms with Gasteiger partial charge in [0.25, 0.3) is 0 Å². The lowest BCUT2D eigenvalue weighted by molar-refractivity contribution is 0.0600. The van der Waals surface area contributed by atoms with Crippen LogP contribution in [0.1, 0.15) is 27.6 Å². The van der Waals surface area contributed by atoms with Crippen molar-refractivity contribution in [1.82, 2.24) is 5.32 Å². The molecule has 2 aromatic rings.